The molecule has 0 spiro atoms. The van der Waals surface area contributed by atoms with Gasteiger partial charge < -0.3 is 15.4 Å². The van der Waals surface area contributed by atoms with Crippen LogP contribution < -0.4 is 5.32 Å². The van der Waals surface area contributed by atoms with Gasteiger partial charge in [0.1, 0.15) is 17.0 Å². The first-order valence-corrected chi connectivity index (χ1v) is 6.51. The van der Waals surface area contributed by atoms with Crippen molar-refractivity contribution in [2.75, 3.05) is 5.32 Å². The van der Waals surface area contributed by atoms with Gasteiger partial charge in [0, 0.05) is 22.8 Å². The molecular formula is C15H10FN3O4. The minimum atomic E-state index is -1.22. The van der Waals surface area contributed by atoms with Gasteiger partial charge in [0.05, 0.1) is 4.92 Å². The van der Waals surface area contributed by atoms with E-state index in [1.54, 1.807) is 0 Å². The van der Waals surface area contributed by atoms with Gasteiger partial charge in [0.15, 0.2) is 0 Å². The molecule has 116 valence electrons. The molecule has 3 N–H and O–H groups in total. The molecule has 7 nitrogen and oxygen atoms in total. The summed E-state index contributed by atoms with van der Waals surface area (Å²) in [5, 5.41) is 23.5. The molecule has 0 aliphatic heterocycles. The number of aromatic nitrogens is 1. The van der Waals surface area contributed by atoms with Crippen LogP contribution in [0, 0.1) is 15.9 Å². The van der Waals surface area contributed by atoms with E-state index in [2.05, 4.69) is 10.3 Å². The van der Waals surface area contributed by atoms with Crippen molar-refractivity contribution in [1.29, 1.82) is 0 Å². The van der Waals surface area contributed by atoms with Gasteiger partial charge in [-0.3, -0.25) is 10.1 Å². The summed E-state index contributed by atoms with van der Waals surface area (Å²) in [6.45, 7) is 0. The highest BCUT2D eigenvalue weighted by Crippen LogP contribution is 2.33. The fraction of sp³-hybridized carbons (Fsp3) is 0. The zero-order chi connectivity index (χ0) is 16.6. The minimum absolute atomic E-state index is 0.111. The number of hydrogen-bond donors (Lipinski definition) is 3. The van der Waals surface area contributed by atoms with Gasteiger partial charge in [-0.15, -0.1) is 0 Å². The van der Waals surface area contributed by atoms with Crippen molar-refractivity contribution in [1.82, 2.24) is 4.98 Å². The molecular weight excluding hydrogens is 305 g/mol. The molecule has 8 heteroatoms. The highest BCUT2D eigenvalue weighted by Gasteiger charge is 2.19. The van der Waals surface area contributed by atoms with Gasteiger partial charge in [-0.05, 0) is 36.4 Å². The van der Waals surface area contributed by atoms with Crippen molar-refractivity contribution in [3.05, 3.63) is 64.1 Å². The Morgan fingerprint density at radius 2 is 1.91 bits per heavy atom. The van der Waals surface area contributed by atoms with Gasteiger partial charge in [-0.2, -0.15) is 0 Å². The van der Waals surface area contributed by atoms with Crippen LogP contribution in [0.4, 0.5) is 21.5 Å². The van der Waals surface area contributed by atoms with E-state index in [1.165, 1.54) is 42.5 Å². The molecule has 1 heterocycles. The van der Waals surface area contributed by atoms with Crippen LogP contribution in [0.2, 0.25) is 0 Å². The number of halogens is 1. The van der Waals surface area contributed by atoms with Crippen molar-refractivity contribution in [2.24, 2.45) is 0 Å². The molecule has 23 heavy (non-hydrogen) atoms. The lowest BCUT2D eigenvalue weighted by molar-refractivity contribution is -0.383. The average molecular weight is 315 g/mol. The maximum Gasteiger partial charge on any atom is 0.352 e. The number of nitrogens with zero attached hydrogens (tertiary/aromatic N) is 1. The molecule has 0 atom stereocenters. The number of nitrogens with one attached hydrogen (secondary N) is 2. The van der Waals surface area contributed by atoms with Crippen LogP contribution in [-0.4, -0.2) is 21.0 Å². The van der Waals surface area contributed by atoms with Crippen LogP contribution in [0.25, 0.3) is 10.9 Å². The van der Waals surface area contributed by atoms with Crippen LogP contribution >= 0.6 is 0 Å². The number of H-pyrrole nitrogens is 1. The Morgan fingerprint density at radius 3 is 2.52 bits per heavy atom. The molecule has 0 bridgehead atoms. The monoisotopic (exact) mass is 315 g/mol. The van der Waals surface area contributed by atoms with Gasteiger partial charge in [-0.25, -0.2) is 9.18 Å². The second-order valence-corrected chi connectivity index (χ2v) is 4.80. The Labute approximate surface area is 128 Å². The molecule has 0 unspecified atom stereocenters. The fourth-order valence-corrected chi connectivity index (χ4v) is 2.27. The molecule has 1 aromatic heterocycles. The topological polar surface area (TPSA) is 108 Å². The number of nitro groups is 1. The fourth-order valence-electron chi connectivity index (χ4n) is 2.27. The van der Waals surface area contributed by atoms with Gasteiger partial charge >= 0.3 is 5.97 Å². The summed E-state index contributed by atoms with van der Waals surface area (Å²) in [4.78, 5) is 24.1. The van der Waals surface area contributed by atoms with Crippen molar-refractivity contribution < 1.29 is 19.2 Å². The summed E-state index contributed by atoms with van der Waals surface area (Å²) in [6, 6.07) is 9.62. The third-order valence-electron chi connectivity index (χ3n) is 3.32. The first-order valence-electron chi connectivity index (χ1n) is 6.51. The second kappa shape index (κ2) is 5.41. The Kier molecular flexibility index (Phi) is 3.41. The van der Waals surface area contributed by atoms with Crippen LogP contribution in [0.1, 0.15) is 10.5 Å². The third kappa shape index (κ3) is 2.69. The number of anilines is 2. The van der Waals surface area contributed by atoms with E-state index in [4.69, 9.17) is 5.11 Å². The molecule has 0 fully saturated rings. The summed E-state index contributed by atoms with van der Waals surface area (Å²) in [5.74, 6) is -1.61. The number of non-ortho nitro benzene ring substituents is 1. The molecule has 3 aromatic rings. The number of fused-ring (bicyclic) bond motifs is 1. The predicted molar refractivity (Wildman–Crippen MR) is 81.6 cm³/mol. The molecule has 0 aliphatic rings. The lowest BCUT2D eigenvalue weighted by Gasteiger charge is -2.08. The maximum atomic E-state index is 12.9. The maximum absolute atomic E-state index is 12.9. The lowest BCUT2D eigenvalue weighted by atomic mass is 10.1. The van der Waals surface area contributed by atoms with E-state index in [0.717, 1.165) is 0 Å². The van der Waals surface area contributed by atoms with Crippen molar-refractivity contribution in [3.63, 3.8) is 0 Å². The number of rotatable bonds is 4. The third-order valence-corrected chi connectivity index (χ3v) is 3.32. The zero-order valence-corrected chi connectivity index (χ0v) is 11.5. The molecule has 0 amide bonds. The van der Waals surface area contributed by atoms with E-state index in [1.807, 2.05) is 0 Å². The number of carboxylic acids is 1. The second-order valence-electron chi connectivity index (χ2n) is 4.80. The Hall–Kier alpha value is -3.42. The molecule has 0 aliphatic carbocycles. The largest absolute Gasteiger partial charge is 0.477 e. The SMILES string of the molecule is O=C(O)c1cc2c(Nc3ccc(F)cc3)ccc([N+](=O)[O-])c2[nH]1. The van der Waals surface area contributed by atoms with Crippen molar-refractivity contribution in [3.8, 4) is 0 Å². The summed E-state index contributed by atoms with van der Waals surface area (Å²) in [7, 11) is 0. The Bertz CT molecular complexity index is 918. The summed E-state index contributed by atoms with van der Waals surface area (Å²) in [5.41, 5.74) is 0.772. The van der Waals surface area contributed by atoms with Crippen molar-refractivity contribution >= 4 is 33.9 Å². The number of nitro benzene ring substituents is 1. The van der Waals surface area contributed by atoms with E-state index in [0.29, 0.717) is 16.8 Å². The molecule has 0 saturated carbocycles. The highest BCUT2D eigenvalue weighted by molar-refractivity contribution is 6.03. The Morgan fingerprint density at radius 1 is 1.22 bits per heavy atom. The Balaban J connectivity index is 2.13. The van der Waals surface area contributed by atoms with Crippen molar-refractivity contribution in [2.45, 2.75) is 0 Å². The first kappa shape index (κ1) is 14.5. The van der Waals surface area contributed by atoms with Crippen LogP contribution in [-0.2, 0) is 0 Å². The molecule has 0 radical (unpaired) electrons. The number of carbonyl (C=O) groups is 1. The number of benzene rings is 2. The number of hydrogen-bond acceptors (Lipinski definition) is 4. The normalized spacial score (nSPS) is 10.7. The summed E-state index contributed by atoms with van der Waals surface area (Å²) >= 11 is 0. The average Bonchev–Trinajstić information content (AvgIpc) is 2.95. The lowest BCUT2D eigenvalue weighted by Crippen LogP contribution is -1.95. The van der Waals surface area contributed by atoms with Crippen LogP contribution in [0.5, 0.6) is 0 Å². The van der Waals surface area contributed by atoms with E-state index in [9.17, 15) is 19.3 Å². The highest BCUT2D eigenvalue weighted by atomic mass is 19.1. The number of aromatic carboxylic acids is 1. The van der Waals surface area contributed by atoms with Crippen LogP contribution in [0.15, 0.2) is 42.5 Å². The van der Waals surface area contributed by atoms with Gasteiger partial charge in [0.25, 0.3) is 5.69 Å². The zero-order valence-electron chi connectivity index (χ0n) is 11.5. The summed E-state index contributed by atoms with van der Waals surface area (Å²) < 4.78 is 12.9. The number of carboxylic acid groups (broad SMARTS) is 1. The van der Waals surface area contributed by atoms with Gasteiger partial charge in [-0.1, -0.05) is 0 Å². The quantitative estimate of drug-likeness (QED) is 0.503. The summed E-state index contributed by atoms with van der Waals surface area (Å²) in [6.07, 6.45) is 0. The van der Waals surface area contributed by atoms with Crippen LogP contribution in [0.3, 0.4) is 0 Å². The molecule has 3 rings (SSSR count). The van der Waals surface area contributed by atoms with Gasteiger partial charge in [0.2, 0.25) is 0 Å². The first-order chi connectivity index (χ1) is 11.0. The predicted octanol–water partition coefficient (Wildman–Crippen LogP) is 3.66. The minimum Gasteiger partial charge on any atom is -0.477 e. The number of aromatic amines is 1. The standard InChI is InChI=1S/C15H10FN3O4/c16-8-1-3-9(4-2-8)17-11-5-6-13(19(22)23)14-10(11)7-12(18-14)15(20)21/h1-7,17-18H,(H,20,21). The smallest absolute Gasteiger partial charge is 0.352 e. The molecule has 0 saturated heterocycles. The molecule has 2 aromatic carbocycles. The van der Waals surface area contributed by atoms with E-state index in [-0.39, 0.29) is 22.7 Å². The van der Waals surface area contributed by atoms with E-state index < -0.39 is 10.9 Å². The van der Waals surface area contributed by atoms with E-state index >= 15 is 0 Å².